The normalized spacial score (nSPS) is 12.2. The Labute approximate surface area is 191 Å². The lowest BCUT2D eigenvalue weighted by atomic mass is 9.90. The molecule has 4 nitrogen and oxygen atoms in total. The number of hydrogen-bond donors (Lipinski definition) is 4. The van der Waals surface area contributed by atoms with Gasteiger partial charge in [-0.05, 0) is 67.5 Å². The summed E-state index contributed by atoms with van der Waals surface area (Å²) in [7, 11) is 0. The van der Waals surface area contributed by atoms with E-state index in [1.54, 1.807) is 24.3 Å². The summed E-state index contributed by atoms with van der Waals surface area (Å²) in [5.74, 6) is 0.153. The maximum absolute atomic E-state index is 13.2. The molecule has 0 aliphatic heterocycles. The topological polar surface area (TPSA) is 87.9 Å². The number of nitrogens with one attached hydrogen (secondary N) is 2. The molecule has 1 atom stereocenters. The molecule has 2 rings (SSSR count). The van der Waals surface area contributed by atoms with Gasteiger partial charge in [0.2, 0.25) is 0 Å². The van der Waals surface area contributed by atoms with E-state index in [1.807, 2.05) is 12.1 Å². The molecule has 0 bridgehead atoms. The van der Waals surface area contributed by atoms with Crippen LogP contribution in [0.4, 0.5) is 10.1 Å². The van der Waals surface area contributed by atoms with Crippen molar-refractivity contribution in [3.8, 4) is 0 Å². The van der Waals surface area contributed by atoms with E-state index >= 15 is 0 Å². The molecule has 0 amide bonds. The predicted molar refractivity (Wildman–Crippen MR) is 136 cm³/mol. The fraction of sp³-hybridized carbons (Fsp3) is 0.296. The van der Waals surface area contributed by atoms with Gasteiger partial charge in [0.25, 0.3) is 0 Å². The average Bonchev–Trinajstić information content (AvgIpc) is 2.72. The highest BCUT2D eigenvalue weighted by Crippen LogP contribution is 2.29. The van der Waals surface area contributed by atoms with Crippen LogP contribution >= 0.6 is 0 Å². The number of benzene rings is 2. The van der Waals surface area contributed by atoms with Crippen molar-refractivity contribution >= 4 is 23.2 Å². The number of rotatable bonds is 11. The van der Waals surface area contributed by atoms with Gasteiger partial charge < -0.3 is 22.2 Å². The quantitative estimate of drug-likeness (QED) is 0.263. The molecular weight excluding hydrogens is 399 g/mol. The van der Waals surface area contributed by atoms with Crippen LogP contribution in [0.5, 0.6) is 0 Å². The Morgan fingerprint density at radius 3 is 2.38 bits per heavy atom. The lowest BCUT2D eigenvalue weighted by Gasteiger charge is -2.24. The lowest BCUT2D eigenvalue weighted by Crippen LogP contribution is -2.29. The smallest absolute Gasteiger partial charge is 0.123 e. The van der Waals surface area contributed by atoms with Crippen LogP contribution in [0.1, 0.15) is 55.9 Å². The first-order valence-electron chi connectivity index (χ1n) is 10.9. The highest BCUT2D eigenvalue weighted by Gasteiger charge is 2.18. The maximum Gasteiger partial charge on any atom is 0.123 e. The Bertz CT molecular complexity index is 1000. The molecule has 6 N–H and O–H groups in total. The first-order valence-corrected chi connectivity index (χ1v) is 10.9. The van der Waals surface area contributed by atoms with E-state index < -0.39 is 0 Å². The van der Waals surface area contributed by atoms with Crippen LogP contribution in [0, 0.1) is 17.1 Å². The maximum atomic E-state index is 13.2. The van der Waals surface area contributed by atoms with Crippen LogP contribution in [0.2, 0.25) is 0 Å². The molecule has 32 heavy (non-hydrogen) atoms. The molecule has 0 heterocycles. The molecule has 5 heteroatoms. The number of allylic oxidation sites excluding steroid dienone is 2. The summed E-state index contributed by atoms with van der Waals surface area (Å²) in [6.07, 6.45) is 5.65. The molecular formula is C27H35FN4. The summed E-state index contributed by atoms with van der Waals surface area (Å²) in [6, 6.07) is 10.2. The van der Waals surface area contributed by atoms with E-state index in [1.165, 1.54) is 12.1 Å². The summed E-state index contributed by atoms with van der Waals surface area (Å²) in [6.45, 7) is 14.5. The molecule has 170 valence electrons. The molecule has 0 aromatic heterocycles. The second kappa shape index (κ2) is 11.3. The van der Waals surface area contributed by atoms with Crippen LogP contribution in [0.3, 0.4) is 0 Å². The van der Waals surface area contributed by atoms with Crippen molar-refractivity contribution in [2.45, 2.75) is 46.1 Å². The van der Waals surface area contributed by atoms with Crippen LogP contribution in [0.25, 0.3) is 11.8 Å². The van der Waals surface area contributed by atoms with Crippen molar-refractivity contribution in [2.24, 2.45) is 11.7 Å². The van der Waals surface area contributed by atoms with E-state index in [4.69, 9.17) is 16.9 Å². The zero-order valence-electron chi connectivity index (χ0n) is 19.3. The van der Waals surface area contributed by atoms with Gasteiger partial charge in [0, 0.05) is 34.3 Å². The Morgan fingerprint density at radius 2 is 1.78 bits per heavy atom. The van der Waals surface area contributed by atoms with E-state index in [2.05, 4.69) is 39.2 Å². The Balaban J connectivity index is 2.44. The van der Waals surface area contributed by atoms with Crippen molar-refractivity contribution < 1.29 is 4.39 Å². The number of nitrogen functional groups attached to an aromatic ring is 1. The van der Waals surface area contributed by atoms with E-state index in [-0.39, 0.29) is 11.9 Å². The third kappa shape index (κ3) is 6.84. The second-order valence-corrected chi connectivity index (χ2v) is 8.52. The Kier molecular flexibility index (Phi) is 8.82. The minimum Gasteiger partial charge on any atom is -0.403 e. The third-order valence-electron chi connectivity index (χ3n) is 5.58. The molecule has 2 aromatic rings. The second-order valence-electron chi connectivity index (χ2n) is 8.52. The fourth-order valence-electron chi connectivity index (χ4n) is 3.37. The minimum atomic E-state index is -0.292. The van der Waals surface area contributed by atoms with Gasteiger partial charge in [-0.25, -0.2) is 4.39 Å². The van der Waals surface area contributed by atoms with Gasteiger partial charge in [-0.1, -0.05) is 51.3 Å². The van der Waals surface area contributed by atoms with Crippen molar-refractivity contribution in [3.63, 3.8) is 0 Å². The van der Waals surface area contributed by atoms with E-state index in [9.17, 15) is 4.39 Å². The van der Waals surface area contributed by atoms with Crippen LogP contribution < -0.4 is 16.8 Å². The van der Waals surface area contributed by atoms with Gasteiger partial charge in [-0.15, -0.1) is 0 Å². The largest absolute Gasteiger partial charge is 0.403 e. The summed E-state index contributed by atoms with van der Waals surface area (Å²) in [5.41, 5.74) is 17.8. The van der Waals surface area contributed by atoms with Crippen LogP contribution in [0.15, 0.2) is 61.3 Å². The SMILES string of the molecule is C=C(N)CCCc1c(C(=C)NC(C)C(C)C)ccc(N)c1C(=N)/C=C/c1ccc(F)cc1. The van der Waals surface area contributed by atoms with E-state index in [0.29, 0.717) is 41.4 Å². The summed E-state index contributed by atoms with van der Waals surface area (Å²) in [4.78, 5) is 0. The third-order valence-corrected chi connectivity index (χ3v) is 5.58. The van der Waals surface area contributed by atoms with Crippen molar-refractivity contribution in [2.75, 3.05) is 5.73 Å². The molecule has 0 aliphatic carbocycles. The number of anilines is 1. The van der Waals surface area contributed by atoms with Crippen molar-refractivity contribution in [1.29, 1.82) is 5.41 Å². The molecule has 2 aromatic carbocycles. The first-order chi connectivity index (χ1) is 15.1. The summed E-state index contributed by atoms with van der Waals surface area (Å²) >= 11 is 0. The van der Waals surface area contributed by atoms with Crippen LogP contribution in [-0.2, 0) is 6.42 Å². The van der Waals surface area contributed by atoms with Gasteiger partial charge >= 0.3 is 0 Å². The number of hydrogen-bond acceptors (Lipinski definition) is 4. The highest BCUT2D eigenvalue weighted by molar-refractivity contribution is 6.13. The van der Waals surface area contributed by atoms with Gasteiger partial charge in [0.15, 0.2) is 0 Å². The fourth-order valence-corrected chi connectivity index (χ4v) is 3.37. The zero-order valence-corrected chi connectivity index (χ0v) is 19.3. The number of halogens is 1. The molecule has 0 fully saturated rings. The van der Waals surface area contributed by atoms with Gasteiger partial charge in [-0.3, -0.25) is 0 Å². The molecule has 0 spiro atoms. The standard InChI is InChI=1S/C27H35FN4/c1-17(2)19(4)32-20(5)23-14-16-26(31)27(24(23)8-6-7-18(3)29)25(30)15-11-21-9-12-22(28)13-10-21/h9-17,19,30,32H,3,5-8,29,31H2,1-2,4H3/b15-11+,30-25?. The monoisotopic (exact) mass is 434 g/mol. The van der Waals surface area contributed by atoms with Gasteiger partial charge in [0.1, 0.15) is 5.82 Å². The van der Waals surface area contributed by atoms with Gasteiger partial charge in [0.05, 0.1) is 5.71 Å². The lowest BCUT2D eigenvalue weighted by molar-refractivity contribution is 0.480. The Hall–Kier alpha value is -3.34. The Morgan fingerprint density at radius 1 is 1.12 bits per heavy atom. The summed E-state index contributed by atoms with van der Waals surface area (Å²) in [5, 5.41) is 12.2. The van der Waals surface area contributed by atoms with E-state index in [0.717, 1.165) is 28.8 Å². The molecule has 0 saturated carbocycles. The average molecular weight is 435 g/mol. The zero-order chi connectivity index (χ0) is 23.8. The molecule has 0 saturated heterocycles. The molecule has 0 radical (unpaired) electrons. The van der Waals surface area contributed by atoms with Crippen molar-refractivity contribution in [1.82, 2.24) is 5.32 Å². The first kappa shape index (κ1) is 24.9. The minimum absolute atomic E-state index is 0.248. The highest BCUT2D eigenvalue weighted by atomic mass is 19.1. The summed E-state index contributed by atoms with van der Waals surface area (Å²) < 4.78 is 13.2. The number of nitrogens with two attached hydrogens (primary N) is 2. The molecule has 0 aliphatic rings. The predicted octanol–water partition coefficient (Wildman–Crippen LogP) is 5.89. The van der Waals surface area contributed by atoms with Crippen LogP contribution in [-0.4, -0.2) is 11.8 Å². The van der Waals surface area contributed by atoms with Crippen molar-refractivity contribution in [3.05, 3.63) is 89.4 Å². The molecule has 1 unspecified atom stereocenters. The van der Waals surface area contributed by atoms with Gasteiger partial charge in [-0.2, -0.15) is 0 Å².